The maximum absolute atomic E-state index is 5.75. The zero-order chi connectivity index (χ0) is 21.3. The van der Waals surface area contributed by atoms with Gasteiger partial charge in [0.15, 0.2) is 11.5 Å². The summed E-state index contributed by atoms with van der Waals surface area (Å²) in [5, 5.41) is 0. The first kappa shape index (κ1) is 25.0. The third-order valence-electron chi connectivity index (χ3n) is 5.36. The van der Waals surface area contributed by atoms with Gasteiger partial charge in [0.2, 0.25) is 6.79 Å². The lowest BCUT2D eigenvalue weighted by molar-refractivity contribution is 0.0101. The minimum atomic E-state index is 0.305. The Bertz CT molecular complexity index is 545. The molecule has 1 aliphatic heterocycles. The molecular formula is C25H42O5. The van der Waals surface area contributed by atoms with Crippen molar-refractivity contribution < 1.29 is 23.7 Å². The van der Waals surface area contributed by atoms with Crippen molar-refractivity contribution in [1.82, 2.24) is 0 Å². The summed E-state index contributed by atoms with van der Waals surface area (Å²) >= 11 is 0. The molecule has 1 fully saturated rings. The predicted octanol–water partition coefficient (Wildman–Crippen LogP) is 6.06. The molecule has 0 amide bonds. The van der Waals surface area contributed by atoms with E-state index >= 15 is 0 Å². The van der Waals surface area contributed by atoms with Crippen LogP contribution < -0.4 is 9.47 Å². The highest BCUT2D eigenvalue weighted by molar-refractivity contribution is 5.48. The number of unbranched alkanes of at least 4 members (excludes halogenated alkanes) is 1. The fraction of sp³-hybridized carbons (Fsp3) is 0.760. The SMILES string of the molecule is C1CCCCC1.CCCCOCCOCCOCc1cc2c(cc1CCC)OCO2. The summed E-state index contributed by atoms with van der Waals surface area (Å²) in [6.45, 7) is 8.47. The lowest BCUT2D eigenvalue weighted by Gasteiger charge is -2.11. The first-order chi connectivity index (χ1) is 14.8. The van der Waals surface area contributed by atoms with Crippen molar-refractivity contribution in [2.45, 2.75) is 84.7 Å². The van der Waals surface area contributed by atoms with Crippen LogP contribution in [0.1, 0.15) is 82.8 Å². The van der Waals surface area contributed by atoms with E-state index in [0.29, 0.717) is 39.8 Å². The number of hydrogen-bond acceptors (Lipinski definition) is 5. The second-order valence-electron chi connectivity index (χ2n) is 7.98. The van der Waals surface area contributed by atoms with Crippen LogP contribution in [0.5, 0.6) is 11.5 Å². The topological polar surface area (TPSA) is 46.2 Å². The number of ether oxygens (including phenoxy) is 5. The van der Waals surface area contributed by atoms with Crippen molar-refractivity contribution >= 4 is 0 Å². The van der Waals surface area contributed by atoms with Gasteiger partial charge in [0.05, 0.1) is 33.0 Å². The molecule has 3 rings (SSSR count). The second-order valence-corrected chi connectivity index (χ2v) is 7.98. The van der Waals surface area contributed by atoms with Crippen LogP contribution in [0, 0.1) is 0 Å². The molecule has 0 aromatic heterocycles. The first-order valence-electron chi connectivity index (χ1n) is 12.0. The zero-order valence-corrected chi connectivity index (χ0v) is 19.2. The molecule has 1 aliphatic carbocycles. The first-order valence-corrected chi connectivity index (χ1v) is 12.0. The van der Waals surface area contributed by atoms with Crippen LogP contribution in [0.3, 0.4) is 0 Å². The van der Waals surface area contributed by atoms with E-state index in [1.54, 1.807) is 0 Å². The fourth-order valence-electron chi connectivity index (χ4n) is 3.59. The quantitative estimate of drug-likeness (QED) is 0.362. The minimum Gasteiger partial charge on any atom is -0.454 e. The number of fused-ring (bicyclic) bond motifs is 1. The Morgan fingerprint density at radius 2 is 1.20 bits per heavy atom. The zero-order valence-electron chi connectivity index (χ0n) is 19.2. The summed E-state index contributed by atoms with van der Waals surface area (Å²) in [6.07, 6.45) is 13.4. The van der Waals surface area contributed by atoms with Crippen LogP contribution in [-0.2, 0) is 27.2 Å². The third-order valence-corrected chi connectivity index (χ3v) is 5.36. The Hall–Kier alpha value is -1.30. The van der Waals surface area contributed by atoms with Crippen molar-refractivity contribution in [2.75, 3.05) is 39.8 Å². The largest absolute Gasteiger partial charge is 0.454 e. The molecule has 172 valence electrons. The standard InChI is InChI=1S/C19H30O5.C6H12/c1-3-5-7-20-8-9-21-10-11-22-14-17-13-19-18(23-15-24-19)12-16(17)6-4-2;1-2-4-6-5-3-1/h12-13H,3-11,14-15H2,1-2H3;1-6H2. The van der Waals surface area contributed by atoms with Crippen molar-refractivity contribution in [2.24, 2.45) is 0 Å². The molecule has 1 aromatic rings. The van der Waals surface area contributed by atoms with E-state index < -0.39 is 0 Å². The second kappa shape index (κ2) is 16.4. The molecule has 0 N–H and O–H groups in total. The lowest BCUT2D eigenvalue weighted by atomic mass is 10.0. The molecule has 0 unspecified atom stereocenters. The Kier molecular flexibility index (Phi) is 13.6. The molecule has 2 aliphatic rings. The minimum absolute atomic E-state index is 0.305. The molecule has 1 heterocycles. The molecule has 0 saturated heterocycles. The molecule has 0 atom stereocenters. The van der Waals surface area contributed by atoms with E-state index in [9.17, 15) is 0 Å². The summed E-state index contributed by atoms with van der Waals surface area (Å²) in [5.74, 6) is 1.66. The molecular weight excluding hydrogens is 380 g/mol. The molecule has 1 aromatic carbocycles. The Morgan fingerprint density at radius 3 is 1.77 bits per heavy atom. The van der Waals surface area contributed by atoms with Gasteiger partial charge in [-0.1, -0.05) is 65.2 Å². The Morgan fingerprint density at radius 1 is 0.667 bits per heavy atom. The van der Waals surface area contributed by atoms with Crippen LogP contribution in [0.4, 0.5) is 0 Å². The number of aryl methyl sites for hydroxylation is 1. The molecule has 0 bridgehead atoms. The smallest absolute Gasteiger partial charge is 0.231 e. The average molecular weight is 423 g/mol. The van der Waals surface area contributed by atoms with E-state index in [-0.39, 0.29) is 0 Å². The van der Waals surface area contributed by atoms with Crippen LogP contribution in [-0.4, -0.2) is 39.8 Å². The molecule has 0 radical (unpaired) electrons. The normalized spacial score (nSPS) is 15.0. The van der Waals surface area contributed by atoms with Crippen LogP contribution in [0.15, 0.2) is 12.1 Å². The van der Waals surface area contributed by atoms with E-state index in [2.05, 4.69) is 19.9 Å². The average Bonchev–Trinajstić information content (AvgIpc) is 3.24. The molecule has 30 heavy (non-hydrogen) atoms. The van der Waals surface area contributed by atoms with Gasteiger partial charge in [-0.15, -0.1) is 0 Å². The molecule has 1 saturated carbocycles. The summed E-state index contributed by atoms with van der Waals surface area (Å²) in [7, 11) is 0. The van der Waals surface area contributed by atoms with E-state index in [1.807, 2.05) is 6.07 Å². The van der Waals surface area contributed by atoms with Crippen molar-refractivity contribution in [3.8, 4) is 11.5 Å². The lowest BCUT2D eigenvalue weighted by Crippen LogP contribution is -2.10. The van der Waals surface area contributed by atoms with E-state index in [0.717, 1.165) is 43.8 Å². The van der Waals surface area contributed by atoms with Gasteiger partial charge in [-0.3, -0.25) is 0 Å². The maximum Gasteiger partial charge on any atom is 0.231 e. The van der Waals surface area contributed by atoms with Gasteiger partial charge in [-0.2, -0.15) is 0 Å². The molecule has 0 spiro atoms. The Labute approximate surface area is 183 Å². The Balaban J connectivity index is 0.000000456. The highest BCUT2D eigenvalue weighted by Crippen LogP contribution is 2.35. The molecule has 5 heteroatoms. The van der Waals surface area contributed by atoms with Crippen molar-refractivity contribution in [3.05, 3.63) is 23.3 Å². The molecule has 5 nitrogen and oxygen atoms in total. The van der Waals surface area contributed by atoms with Gasteiger partial charge < -0.3 is 23.7 Å². The van der Waals surface area contributed by atoms with Crippen molar-refractivity contribution in [1.29, 1.82) is 0 Å². The predicted molar refractivity (Wildman–Crippen MR) is 120 cm³/mol. The van der Waals surface area contributed by atoms with Gasteiger partial charge >= 0.3 is 0 Å². The summed E-state index contributed by atoms with van der Waals surface area (Å²) in [6, 6.07) is 4.12. The monoisotopic (exact) mass is 422 g/mol. The van der Waals surface area contributed by atoms with E-state index in [1.165, 1.54) is 49.7 Å². The van der Waals surface area contributed by atoms with Crippen LogP contribution >= 0.6 is 0 Å². The van der Waals surface area contributed by atoms with Gasteiger partial charge in [0.1, 0.15) is 0 Å². The van der Waals surface area contributed by atoms with Crippen LogP contribution in [0.2, 0.25) is 0 Å². The highest BCUT2D eigenvalue weighted by Gasteiger charge is 2.16. The van der Waals surface area contributed by atoms with Gasteiger partial charge in [-0.05, 0) is 36.1 Å². The van der Waals surface area contributed by atoms with Gasteiger partial charge in [0, 0.05) is 6.61 Å². The van der Waals surface area contributed by atoms with E-state index in [4.69, 9.17) is 23.7 Å². The summed E-state index contributed by atoms with van der Waals surface area (Å²) in [5.41, 5.74) is 2.44. The fourth-order valence-corrected chi connectivity index (χ4v) is 3.59. The van der Waals surface area contributed by atoms with Crippen LogP contribution in [0.25, 0.3) is 0 Å². The third kappa shape index (κ3) is 10.1. The highest BCUT2D eigenvalue weighted by atomic mass is 16.7. The summed E-state index contributed by atoms with van der Waals surface area (Å²) in [4.78, 5) is 0. The van der Waals surface area contributed by atoms with Crippen molar-refractivity contribution in [3.63, 3.8) is 0 Å². The summed E-state index contributed by atoms with van der Waals surface area (Å²) < 4.78 is 27.6. The number of benzene rings is 1. The number of rotatable bonds is 13. The van der Waals surface area contributed by atoms with Gasteiger partial charge in [-0.25, -0.2) is 0 Å². The maximum atomic E-state index is 5.75. The van der Waals surface area contributed by atoms with Gasteiger partial charge in [0.25, 0.3) is 0 Å². The number of hydrogen-bond donors (Lipinski definition) is 0.